The Labute approximate surface area is 127 Å². The van der Waals surface area contributed by atoms with Crippen molar-refractivity contribution in [3.63, 3.8) is 0 Å². The van der Waals surface area contributed by atoms with Gasteiger partial charge in [0, 0.05) is 17.9 Å². The lowest BCUT2D eigenvalue weighted by Crippen LogP contribution is -1.99. The molecular formula is C12H4Br4. The van der Waals surface area contributed by atoms with Gasteiger partial charge in [-0.05, 0) is 110 Å². The summed E-state index contributed by atoms with van der Waals surface area (Å²) < 4.78 is 4.37. The molecule has 0 aromatic heterocycles. The van der Waals surface area contributed by atoms with Crippen LogP contribution >= 0.6 is 63.7 Å². The van der Waals surface area contributed by atoms with E-state index in [0.29, 0.717) is 0 Å². The Morgan fingerprint density at radius 3 is 0.812 bits per heavy atom. The van der Waals surface area contributed by atoms with Crippen LogP contribution in [0.2, 0.25) is 0 Å². The fourth-order valence-corrected chi connectivity index (χ4v) is 3.30. The summed E-state index contributed by atoms with van der Waals surface area (Å²) in [7, 11) is 0. The van der Waals surface area contributed by atoms with E-state index in [-0.39, 0.29) is 0 Å². The van der Waals surface area contributed by atoms with Crippen LogP contribution in [0, 0.1) is 0 Å². The van der Waals surface area contributed by atoms with E-state index in [9.17, 15) is 0 Å². The lowest BCUT2D eigenvalue weighted by atomic mass is 9.81. The minimum atomic E-state index is 1.09. The molecule has 0 saturated heterocycles. The van der Waals surface area contributed by atoms with E-state index >= 15 is 0 Å². The lowest BCUT2D eigenvalue weighted by Gasteiger charge is -2.25. The van der Waals surface area contributed by atoms with Gasteiger partial charge in [0.1, 0.15) is 0 Å². The van der Waals surface area contributed by atoms with Crippen LogP contribution in [0.3, 0.4) is 0 Å². The second kappa shape index (κ2) is 3.94. The third kappa shape index (κ3) is 1.57. The number of hydrogen-bond donors (Lipinski definition) is 0. The first kappa shape index (κ1) is 11.5. The van der Waals surface area contributed by atoms with Crippen molar-refractivity contribution in [3.8, 4) is 22.3 Å². The van der Waals surface area contributed by atoms with Gasteiger partial charge in [0.25, 0.3) is 0 Å². The topological polar surface area (TPSA) is 0 Å². The van der Waals surface area contributed by atoms with E-state index in [0.717, 1.165) is 17.9 Å². The molecule has 0 fully saturated rings. The summed E-state index contributed by atoms with van der Waals surface area (Å²) >= 11 is 14.1. The molecule has 0 heterocycles. The first-order valence-corrected chi connectivity index (χ1v) is 7.74. The Morgan fingerprint density at radius 1 is 0.438 bits per heavy atom. The molecule has 0 bridgehead atoms. The van der Waals surface area contributed by atoms with Crippen molar-refractivity contribution in [1.29, 1.82) is 0 Å². The molecule has 0 aliphatic heterocycles. The molecule has 1 aliphatic rings. The molecule has 4 heteroatoms. The molecule has 80 valence electrons. The van der Waals surface area contributed by atoms with Crippen molar-refractivity contribution in [2.24, 2.45) is 0 Å². The Hall–Kier alpha value is 0.360. The lowest BCUT2D eigenvalue weighted by molar-refractivity contribution is 1.45. The minimum Gasteiger partial charge on any atom is -0.0496 e. The Balaban J connectivity index is 2.26. The van der Waals surface area contributed by atoms with Crippen molar-refractivity contribution in [1.82, 2.24) is 0 Å². The molecule has 0 atom stereocenters. The van der Waals surface area contributed by atoms with Crippen molar-refractivity contribution in [2.75, 3.05) is 0 Å². The van der Waals surface area contributed by atoms with Gasteiger partial charge < -0.3 is 0 Å². The fourth-order valence-electron chi connectivity index (χ4n) is 1.92. The second-order valence-electron chi connectivity index (χ2n) is 3.62. The summed E-state index contributed by atoms with van der Waals surface area (Å²) in [5, 5.41) is 0. The third-order valence-corrected chi connectivity index (χ3v) is 6.39. The van der Waals surface area contributed by atoms with Crippen LogP contribution in [-0.2, 0) is 0 Å². The quantitative estimate of drug-likeness (QED) is 0.360. The van der Waals surface area contributed by atoms with Gasteiger partial charge in [0.2, 0.25) is 0 Å². The molecule has 2 aromatic carbocycles. The van der Waals surface area contributed by atoms with Crippen LogP contribution in [0.1, 0.15) is 0 Å². The van der Waals surface area contributed by atoms with Crippen LogP contribution in [0.15, 0.2) is 42.2 Å². The van der Waals surface area contributed by atoms with Crippen LogP contribution in [0.25, 0.3) is 22.3 Å². The summed E-state index contributed by atoms with van der Waals surface area (Å²) in [4.78, 5) is 0. The molecule has 3 rings (SSSR count). The van der Waals surface area contributed by atoms with Crippen molar-refractivity contribution in [3.05, 3.63) is 42.2 Å². The predicted octanol–water partition coefficient (Wildman–Crippen LogP) is 6.38. The van der Waals surface area contributed by atoms with E-state index in [4.69, 9.17) is 0 Å². The molecule has 2 aromatic rings. The van der Waals surface area contributed by atoms with Crippen molar-refractivity contribution < 1.29 is 0 Å². The average molecular weight is 468 g/mol. The molecule has 0 radical (unpaired) electrons. The highest BCUT2D eigenvalue weighted by Crippen LogP contribution is 2.51. The molecule has 0 nitrogen and oxygen atoms in total. The van der Waals surface area contributed by atoms with Gasteiger partial charge in [0.05, 0.1) is 0 Å². The smallest absolute Gasteiger partial charge is 0.0324 e. The summed E-state index contributed by atoms with van der Waals surface area (Å²) in [5.74, 6) is 0. The van der Waals surface area contributed by atoms with Gasteiger partial charge >= 0.3 is 0 Å². The molecular weight excluding hydrogens is 464 g/mol. The molecule has 1 aliphatic carbocycles. The highest BCUT2D eigenvalue weighted by Gasteiger charge is 2.24. The van der Waals surface area contributed by atoms with E-state index in [2.05, 4.69) is 88.0 Å². The maximum Gasteiger partial charge on any atom is 0.0324 e. The van der Waals surface area contributed by atoms with Crippen LogP contribution < -0.4 is 0 Å². The number of fused-ring (bicyclic) bond motifs is 4. The fraction of sp³-hybridized carbons (Fsp3) is 0. The Kier molecular flexibility index (Phi) is 2.82. The zero-order valence-corrected chi connectivity index (χ0v) is 14.2. The predicted molar refractivity (Wildman–Crippen MR) is 81.7 cm³/mol. The van der Waals surface area contributed by atoms with Gasteiger partial charge in [-0.25, -0.2) is 0 Å². The molecule has 16 heavy (non-hydrogen) atoms. The highest BCUT2D eigenvalue weighted by atomic mass is 79.9. The summed E-state index contributed by atoms with van der Waals surface area (Å²) in [5.41, 5.74) is 5.22. The Morgan fingerprint density at radius 2 is 0.625 bits per heavy atom. The minimum absolute atomic E-state index is 1.09. The number of halogens is 4. The third-order valence-electron chi connectivity index (χ3n) is 2.70. The molecule has 0 unspecified atom stereocenters. The number of benzene rings is 2. The summed E-state index contributed by atoms with van der Waals surface area (Å²) in [6.07, 6.45) is 0. The SMILES string of the molecule is Brc1cc2c(cc1Br)-c1cc(Br)c(Br)cc1-2. The van der Waals surface area contributed by atoms with E-state index in [1.165, 1.54) is 22.3 Å². The maximum atomic E-state index is 3.53. The first-order chi connectivity index (χ1) is 7.58. The molecule has 0 amide bonds. The highest BCUT2D eigenvalue weighted by molar-refractivity contribution is 9.13. The summed E-state index contributed by atoms with van der Waals surface area (Å²) in [6, 6.07) is 8.62. The average Bonchev–Trinajstić information content (AvgIpc) is 2.26. The first-order valence-electron chi connectivity index (χ1n) is 4.57. The standard InChI is InChI=1S/C12H4Br4/c13-9-1-5-6(2-10(9)14)8-4-12(16)11(15)3-7(5)8/h1-4H. The van der Waals surface area contributed by atoms with Crippen LogP contribution in [-0.4, -0.2) is 0 Å². The normalized spacial score (nSPS) is 11.8. The van der Waals surface area contributed by atoms with E-state index in [1.54, 1.807) is 0 Å². The molecule has 0 spiro atoms. The number of rotatable bonds is 0. The zero-order valence-electron chi connectivity index (χ0n) is 7.82. The van der Waals surface area contributed by atoms with Gasteiger partial charge in [-0.2, -0.15) is 0 Å². The molecule has 0 saturated carbocycles. The van der Waals surface area contributed by atoms with Gasteiger partial charge in [-0.15, -0.1) is 0 Å². The maximum absolute atomic E-state index is 3.53. The van der Waals surface area contributed by atoms with E-state index < -0.39 is 0 Å². The van der Waals surface area contributed by atoms with Crippen molar-refractivity contribution >= 4 is 63.7 Å². The van der Waals surface area contributed by atoms with Gasteiger partial charge in [0.15, 0.2) is 0 Å². The largest absolute Gasteiger partial charge is 0.0496 e. The van der Waals surface area contributed by atoms with Gasteiger partial charge in [-0.3, -0.25) is 0 Å². The summed E-state index contributed by atoms with van der Waals surface area (Å²) in [6.45, 7) is 0. The monoisotopic (exact) mass is 464 g/mol. The van der Waals surface area contributed by atoms with E-state index in [1.807, 2.05) is 0 Å². The van der Waals surface area contributed by atoms with Crippen LogP contribution in [0.5, 0.6) is 0 Å². The Bertz CT molecular complexity index is 493. The van der Waals surface area contributed by atoms with Crippen molar-refractivity contribution in [2.45, 2.75) is 0 Å². The van der Waals surface area contributed by atoms with Gasteiger partial charge in [-0.1, -0.05) is 0 Å². The number of hydrogen-bond acceptors (Lipinski definition) is 0. The zero-order chi connectivity index (χ0) is 11.4. The molecule has 0 N–H and O–H groups in total. The van der Waals surface area contributed by atoms with Crippen LogP contribution in [0.4, 0.5) is 0 Å². The second-order valence-corrected chi connectivity index (χ2v) is 7.04.